The largest absolute Gasteiger partial charge is 0.481 e. The average Bonchev–Trinajstić information content (AvgIpc) is 2.49. The Kier molecular flexibility index (Phi) is 13.4. The molecule has 0 radical (unpaired) electrons. The Morgan fingerprint density at radius 2 is 0.889 bits per heavy atom. The van der Waals surface area contributed by atoms with E-state index in [2.05, 4.69) is 20.8 Å². The molecule has 0 aromatic carbocycles. The number of carboxylic acids is 2. The zero-order valence-electron chi connectivity index (χ0n) is 17.8. The molecule has 0 spiro atoms. The van der Waals surface area contributed by atoms with E-state index < -0.39 is 30.4 Å². The SMILES string of the molecule is CC(C)(C)CCCCCCCCCCCCCC(O)(CC(=O)O)CC(=O)O. The number of carbonyl (C=O) groups is 2. The third-order valence-electron chi connectivity index (χ3n) is 5.03. The fourth-order valence-corrected chi connectivity index (χ4v) is 3.50. The standard InChI is InChI=1S/C22H42O5/c1-21(2,3)15-13-11-9-7-5-4-6-8-10-12-14-16-22(27,17-19(23)24)18-20(25)26/h27H,4-18H2,1-3H3,(H,23,24)(H,25,26). The van der Waals surface area contributed by atoms with E-state index in [0.29, 0.717) is 11.8 Å². The lowest BCUT2D eigenvalue weighted by Crippen LogP contribution is -2.34. The molecule has 5 heteroatoms. The van der Waals surface area contributed by atoms with Crippen LogP contribution in [0.25, 0.3) is 0 Å². The zero-order chi connectivity index (χ0) is 20.8. The fraction of sp³-hybridized carbons (Fsp3) is 0.909. The molecular weight excluding hydrogens is 344 g/mol. The van der Waals surface area contributed by atoms with Crippen molar-refractivity contribution in [3.63, 3.8) is 0 Å². The maximum atomic E-state index is 10.8. The molecule has 0 saturated carbocycles. The Morgan fingerprint density at radius 3 is 1.19 bits per heavy atom. The summed E-state index contributed by atoms with van der Waals surface area (Å²) in [5, 5.41) is 27.9. The van der Waals surface area contributed by atoms with Gasteiger partial charge in [0.1, 0.15) is 0 Å². The summed E-state index contributed by atoms with van der Waals surface area (Å²) in [5.74, 6) is -2.31. The van der Waals surface area contributed by atoms with Gasteiger partial charge in [0.2, 0.25) is 0 Å². The third-order valence-corrected chi connectivity index (χ3v) is 5.03. The molecule has 0 amide bonds. The highest BCUT2D eigenvalue weighted by Crippen LogP contribution is 2.24. The molecule has 0 heterocycles. The highest BCUT2D eigenvalue weighted by molar-refractivity contribution is 5.72. The first kappa shape index (κ1) is 25.9. The summed E-state index contributed by atoms with van der Waals surface area (Å²) in [7, 11) is 0. The van der Waals surface area contributed by atoms with E-state index in [-0.39, 0.29) is 6.42 Å². The first-order valence-corrected chi connectivity index (χ1v) is 10.7. The molecule has 0 aromatic heterocycles. The minimum atomic E-state index is -1.62. The summed E-state index contributed by atoms with van der Waals surface area (Å²) < 4.78 is 0. The summed E-state index contributed by atoms with van der Waals surface area (Å²) in [6.45, 7) is 6.89. The molecule has 160 valence electrons. The van der Waals surface area contributed by atoms with Crippen LogP contribution in [0.4, 0.5) is 0 Å². The van der Waals surface area contributed by atoms with Crippen molar-refractivity contribution in [1.82, 2.24) is 0 Å². The Bertz CT molecular complexity index is 395. The van der Waals surface area contributed by atoms with Crippen molar-refractivity contribution >= 4 is 11.9 Å². The van der Waals surface area contributed by atoms with Crippen LogP contribution in [0.5, 0.6) is 0 Å². The normalized spacial score (nSPS) is 12.3. The smallest absolute Gasteiger partial charge is 0.306 e. The monoisotopic (exact) mass is 386 g/mol. The summed E-state index contributed by atoms with van der Waals surface area (Å²) in [6, 6.07) is 0. The van der Waals surface area contributed by atoms with E-state index in [9.17, 15) is 14.7 Å². The molecule has 0 aromatic rings. The van der Waals surface area contributed by atoms with E-state index in [0.717, 1.165) is 19.3 Å². The van der Waals surface area contributed by atoms with Gasteiger partial charge in [0, 0.05) is 0 Å². The molecule has 5 nitrogen and oxygen atoms in total. The number of hydrogen-bond acceptors (Lipinski definition) is 3. The second-order valence-electron chi connectivity index (χ2n) is 9.32. The van der Waals surface area contributed by atoms with Crippen LogP contribution in [0.2, 0.25) is 0 Å². The average molecular weight is 387 g/mol. The van der Waals surface area contributed by atoms with Crippen LogP contribution < -0.4 is 0 Å². The Morgan fingerprint density at radius 1 is 0.593 bits per heavy atom. The van der Waals surface area contributed by atoms with Gasteiger partial charge in [0.15, 0.2) is 0 Å². The van der Waals surface area contributed by atoms with E-state index >= 15 is 0 Å². The first-order valence-electron chi connectivity index (χ1n) is 10.7. The van der Waals surface area contributed by atoms with Crippen molar-refractivity contribution < 1.29 is 24.9 Å². The minimum Gasteiger partial charge on any atom is -0.481 e. The lowest BCUT2D eigenvalue weighted by Gasteiger charge is -2.24. The van der Waals surface area contributed by atoms with E-state index in [4.69, 9.17) is 10.2 Å². The van der Waals surface area contributed by atoms with Gasteiger partial charge in [-0.05, 0) is 18.3 Å². The zero-order valence-corrected chi connectivity index (χ0v) is 17.8. The van der Waals surface area contributed by atoms with Gasteiger partial charge in [-0.25, -0.2) is 0 Å². The molecule has 0 unspecified atom stereocenters. The molecule has 0 saturated heterocycles. The Balaban J connectivity index is 3.57. The van der Waals surface area contributed by atoms with Gasteiger partial charge in [0.05, 0.1) is 18.4 Å². The molecule has 0 atom stereocenters. The van der Waals surface area contributed by atoms with Crippen molar-refractivity contribution in [2.45, 2.75) is 123 Å². The van der Waals surface area contributed by atoms with Gasteiger partial charge >= 0.3 is 11.9 Å². The molecule has 0 fully saturated rings. The fourth-order valence-electron chi connectivity index (χ4n) is 3.50. The number of rotatable bonds is 17. The van der Waals surface area contributed by atoms with E-state index in [1.807, 2.05) is 0 Å². The van der Waals surface area contributed by atoms with Crippen LogP contribution in [0.1, 0.15) is 117 Å². The second-order valence-corrected chi connectivity index (χ2v) is 9.32. The number of unbranched alkanes of at least 4 members (excludes halogenated alkanes) is 10. The van der Waals surface area contributed by atoms with Crippen LogP contribution in [-0.4, -0.2) is 32.9 Å². The molecule has 27 heavy (non-hydrogen) atoms. The van der Waals surface area contributed by atoms with Gasteiger partial charge in [0.25, 0.3) is 0 Å². The lowest BCUT2D eigenvalue weighted by atomic mass is 9.89. The van der Waals surface area contributed by atoms with Crippen LogP contribution in [0.3, 0.4) is 0 Å². The van der Waals surface area contributed by atoms with Crippen molar-refractivity contribution in [3.05, 3.63) is 0 Å². The van der Waals surface area contributed by atoms with E-state index in [1.165, 1.54) is 51.4 Å². The third kappa shape index (κ3) is 18.0. The van der Waals surface area contributed by atoms with Crippen molar-refractivity contribution in [1.29, 1.82) is 0 Å². The van der Waals surface area contributed by atoms with Crippen molar-refractivity contribution in [2.24, 2.45) is 5.41 Å². The summed E-state index contributed by atoms with van der Waals surface area (Å²) in [5.41, 5.74) is -1.17. The van der Waals surface area contributed by atoms with Gasteiger partial charge in [-0.2, -0.15) is 0 Å². The minimum absolute atomic E-state index is 0.236. The molecule has 0 aliphatic rings. The van der Waals surface area contributed by atoms with Crippen molar-refractivity contribution in [2.75, 3.05) is 0 Å². The molecule has 0 rings (SSSR count). The maximum absolute atomic E-state index is 10.8. The predicted molar refractivity (Wildman–Crippen MR) is 109 cm³/mol. The van der Waals surface area contributed by atoms with Gasteiger partial charge < -0.3 is 15.3 Å². The van der Waals surface area contributed by atoms with Gasteiger partial charge in [-0.3, -0.25) is 9.59 Å². The lowest BCUT2D eigenvalue weighted by molar-refractivity contribution is -0.149. The number of aliphatic hydroxyl groups is 1. The van der Waals surface area contributed by atoms with Gasteiger partial charge in [-0.15, -0.1) is 0 Å². The molecule has 0 aliphatic heterocycles. The van der Waals surface area contributed by atoms with Crippen LogP contribution in [0.15, 0.2) is 0 Å². The first-order chi connectivity index (χ1) is 12.5. The quantitative estimate of drug-likeness (QED) is 0.275. The van der Waals surface area contributed by atoms with E-state index in [1.54, 1.807) is 0 Å². The summed E-state index contributed by atoms with van der Waals surface area (Å²) in [4.78, 5) is 21.6. The summed E-state index contributed by atoms with van der Waals surface area (Å²) in [6.07, 6.45) is 13.4. The Labute approximate surface area is 165 Å². The highest BCUT2D eigenvalue weighted by atomic mass is 16.4. The number of aliphatic carboxylic acids is 2. The number of hydrogen-bond donors (Lipinski definition) is 3. The molecular formula is C22H42O5. The Hall–Kier alpha value is -1.10. The maximum Gasteiger partial charge on any atom is 0.306 e. The van der Waals surface area contributed by atoms with Crippen molar-refractivity contribution in [3.8, 4) is 0 Å². The van der Waals surface area contributed by atoms with Gasteiger partial charge in [-0.1, -0.05) is 91.4 Å². The second kappa shape index (κ2) is 14.0. The highest BCUT2D eigenvalue weighted by Gasteiger charge is 2.32. The molecule has 0 aliphatic carbocycles. The van der Waals surface area contributed by atoms with Crippen LogP contribution in [0, 0.1) is 5.41 Å². The predicted octanol–water partition coefficient (Wildman–Crippen LogP) is 5.78. The summed E-state index contributed by atoms with van der Waals surface area (Å²) >= 11 is 0. The molecule has 0 bridgehead atoms. The number of carboxylic acid groups (broad SMARTS) is 2. The van der Waals surface area contributed by atoms with Crippen LogP contribution >= 0.6 is 0 Å². The molecule has 3 N–H and O–H groups in total. The van der Waals surface area contributed by atoms with Crippen LogP contribution in [-0.2, 0) is 9.59 Å². The topological polar surface area (TPSA) is 94.8 Å².